The largest absolute Gasteiger partial charge is 0.490 e. The summed E-state index contributed by atoms with van der Waals surface area (Å²) in [5.41, 5.74) is 0.878. The van der Waals surface area contributed by atoms with Crippen LogP contribution in [0.15, 0.2) is 18.2 Å². The summed E-state index contributed by atoms with van der Waals surface area (Å²) in [6.07, 6.45) is 6.01. The molecular weight excluding hydrogens is 241 g/mol. The zero-order valence-electron chi connectivity index (χ0n) is 11.9. The van der Waals surface area contributed by atoms with Gasteiger partial charge in [-0.25, -0.2) is 4.39 Å². The Balaban J connectivity index is 1.91. The van der Waals surface area contributed by atoms with E-state index in [0.717, 1.165) is 30.7 Å². The molecule has 1 aromatic rings. The highest BCUT2D eigenvalue weighted by molar-refractivity contribution is 5.32. The van der Waals surface area contributed by atoms with Crippen LogP contribution in [0.2, 0.25) is 0 Å². The van der Waals surface area contributed by atoms with Crippen molar-refractivity contribution in [3.05, 3.63) is 29.6 Å². The molecule has 0 aromatic heterocycles. The second-order valence-corrected chi connectivity index (χ2v) is 5.47. The quantitative estimate of drug-likeness (QED) is 0.873. The lowest BCUT2D eigenvalue weighted by atomic mass is 9.92. The summed E-state index contributed by atoms with van der Waals surface area (Å²) < 4.78 is 19.1. The van der Waals surface area contributed by atoms with Crippen molar-refractivity contribution in [2.24, 2.45) is 0 Å². The van der Waals surface area contributed by atoms with Crippen LogP contribution in [-0.2, 0) is 0 Å². The Morgan fingerprint density at radius 1 is 1.37 bits per heavy atom. The van der Waals surface area contributed by atoms with Crippen LogP contribution in [0.25, 0.3) is 0 Å². The van der Waals surface area contributed by atoms with Gasteiger partial charge >= 0.3 is 0 Å². The van der Waals surface area contributed by atoms with Gasteiger partial charge in [-0.15, -0.1) is 0 Å². The summed E-state index contributed by atoms with van der Waals surface area (Å²) in [7, 11) is 0. The number of nitrogens with one attached hydrogen (secondary N) is 1. The molecule has 0 radical (unpaired) electrons. The first-order valence-electron chi connectivity index (χ1n) is 7.35. The van der Waals surface area contributed by atoms with Crippen molar-refractivity contribution < 1.29 is 9.13 Å². The van der Waals surface area contributed by atoms with E-state index in [1.54, 1.807) is 6.07 Å². The van der Waals surface area contributed by atoms with Crippen LogP contribution >= 0.6 is 0 Å². The molecule has 106 valence electrons. The number of ether oxygens (including phenoxy) is 1. The molecule has 2 nitrogen and oxygen atoms in total. The van der Waals surface area contributed by atoms with Gasteiger partial charge in [0.15, 0.2) is 0 Å². The number of aryl methyl sites for hydroxylation is 1. The van der Waals surface area contributed by atoms with E-state index < -0.39 is 0 Å². The molecule has 1 N–H and O–H groups in total. The van der Waals surface area contributed by atoms with Crippen LogP contribution in [0.4, 0.5) is 4.39 Å². The second-order valence-electron chi connectivity index (χ2n) is 5.47. The van der Waals surface area contributed by atoms with Crippen molar-refractivity contribution in [1.29, 1.82) is 0 Å². The van der Waals surface area contributed by atoms with Crippen LogP contribution in [-0.4, -0.2) is 18.7 Å². The molecule has 0 amide bonds. The van der Waals surface area contributed by atoms with Gasteiger partial charge in [0.05, 0.1) is 0 Å². The minimum atomic E-state index is -0.198. The molecule has 1 aromatic carbocycles. The van der Waals surface area contributed by atoms with Crippen LogP contribution < -0.4 is 10.1 Å². The molecule has 3 heteroatoms. The van der Waals surface area contributed by atoms with Crippen molar-refractivity contribution in [2.75, 3.05) is 6.54 Å². The average molecular weight is 265 g/mol. The van der Waals surface area contributed by atoms with Crippen LogP contribution in [0.3, 0.4) is 0 Å². The molecule has 0 heterocycles. The van der Waals surface area contributed by atoms with Gasteiger partial charge in [0.2, 0.25) is 0 Å². The lowest BCUT2D eigenvalue weighted by Gasteiger charge is -2.30. The summed E-state index contributed by atoms with van der Waals surface area (Å²) in [5, 5.41) is 3.57. The topological polar surface area (TPSA) is 21.3 Å². The van der Waals surface area contributed by atoms with Crippen molar-refractivity contribution in [2.45, 2.75) is 58.1 Å². The lowest BCUT2D eigenvalue weighted by Crippen LogP contribution is -2.38. The first-order valence-corrected chi connectivity index (χ1v) is 7.35. The van der Waals surface area contributed by atoms with E-state index >= 15 is 0 Å². The summed E-state index contributed by atoms with van der Waals surface area (Å²) in [4.78, 5) is 0. The van der Waals surface area contributed by atoms with E-state index in [0.29, 0.717) is 6.04 Å². The van der Waals surface area contributed by atoms with E-state index in [1.165, 1.54) is 31.4 Å². The number of benzene rings is 1. The fraction of sp³-hybridized carbons (Fsp3) is 0.625. The lowest BCUT2D eigenvalue weighted by molar-refractivity contribution is 0.134. The number of halogens is 1. The van der Waals surface area contributed by atoms with Gasteiger partial charge < -0.3 is 10.1 Å². The average Bonchev–Trinajstić information content (AvgIpc) is 2.40. The van der Waals surface area contributed by atoms with Gasteiger partial charge in [-0.1, -0.05) is 6.92 Å². The Bertz CT molecular complexity index is 408. The standard InChI is InChI=1S/C16H24FNO/c1-3-9-18-14-5-4-6-15(11-14)19-16-8-7-13(17)10-12(16)2/h7-8,10,14-15,18H,3-6,9,11H2,1-2H3. The molecule has 1 fully saturated rings. The monoisotopic (exact) mass is 265 g/mol. The Morgan fingerprint density at radius 3 is 2.95 bits per heavy atom. The SMILES string of the molecule is CCCNC1CCCC(Oc2ccc(F)cc2C)C1. The first kappa shape index (κ1) is 14.3. The maximum absolute atomic E-state index is 13.1. The van der Waals surface area contributed by atoms with Gasteiger partial charge in [0.1, 0.15) is 17.7 Å². The molecule has 1 aliphatic carbocycles. The third-order valence-corrected chi connectivity index (χ3v) is 3.74. The minimum Gasteiger partial charge on any atom is -0.490 e. The zero-order valence-corrected chi connectivity index (χ0v) is 11.9. The Morgan fingerprint density at radius 2 is 2.21 bits per heavy atom. The molecule has 0 aliphatic heterocycles. The fourth-order valence-electron chi connectivity index (χ4n) is 2.71. The zero-order chi connectivity index (χ0) is 13.7. The van der Waals surface area contributed by atoms with Gasteiger partial charge in [-0.2, -0.15) is 0 Å². The molecule has 19 heavy (non-hydrogen) atoms. The van der Waals surface area contributed by atoms with Crippen molar-refractivity contribution in [3.63, 3.8) is 0 Å². The van der Waals surface area contributed by atoms with Crippen molar-refractivity contribution >= 4 is 0 Å². The third kappa shape index (κ3) is 4.20. The van der Waals surface area contributed by atoms with E-state index in [4.69, 9.17) is 4.74 Å². The van der Waals surface area contributed by atoms with Crippen LogP contribution in [0, 0.1) is 12.7 Å². The third-order valence-electron chi connectivity index (χ3n) is 3.74. The molecule has 0 bridgehead atoms. The summed E-state index contributed by atoms with van der Waals surface area (Å²) in [5.74, 6) is 0.624. The fourth-order valence-corrected chi connectivity index (χ4v) is 2.71. The highest BCUT2D eigenvalue weighted by Crippen LogP contribution is 2.26. The molecule has 2 rings (SSSR count). The number of hydrogen-bond donors (Lipinski definition) is 1. The molecule has 2 unspecified atom stereocenters. The normalized spacial score (nSPS) is 23.3. The smallest absolute Gasteiger partial charge is 0.123 e. The van der Waals surface area contributed by atoms with Crippen LogP contribution in [0.5, 0.6) is 5.75 Å². The molecule has 1 saturated carbocycles. The van der Waals surface area contributed by atoms with Gasteiger partial charge in [0.25, 0.3) is 0 Å². The Kier molecular flexibility index (Phi) is 5.20. The first-order chi connectivity index (χ1) is 9.19. The molecule has 2 atom stereocenters. The summed E-state index contributed by atoms with van der Waals surface area (Å²) in [6.45, 7) is 5.16. The van der Waals surface area contributed by atoms with E-state index in [1.807, 2.05) is 6.92 Å². The van der Waals surface area contributed by atoms with Crippen LogP contribution in [0.1, 0.15) is 44.6 Å². The Labute approximate surface area is 115 Å². The second kappa shape index (κ2) is 6.90. The van der Waals surface area contributed by atoms with Crippen molar-refractivity contribution in [1.82, 2.24) is 5.32 Å². The summed E-state index contributed by atoms with van der Waals surface area (Å²) in [6, 6.07) is 5.32. The predicted molar refractivity (Wildman–Crippen MR) is 76.1 cm³/mol. The van der Waals surface area contributed by atoms with E-state index in [2.05, 4.69) is 12.2 Å². The molecule has 1 aliphatic rings. The van der Waals surface area contributed by atoms with Gasteiger partial charge in [-0.05, 0) is 69.3 Å². The van der Waals surface area contributed by atoms with Gasteiger partial charge in [-0.3, -0.25) is 0 Å². The molecular formula is C16H24FNO. The van der Waals surface area contributed by atoms with E-state index in [9.17, 15) is 4.39 Å². The van der Waals surface area contributed by atoms with Gasteiger partial charge in [0, 0.05) is 6.04 Å². The summed E-state index contributed by atoms with van der Waals surface area (Å²) >= 11 is 0. The predicted octanol–water partition coefficient (Wildman–Crippen LogP) is 3.82. The minimum absolute atomic E-state index is 0.198. The number of rotatable bonds is 5. The maximum Gasteiger partial charge on any atom is 0.123 e. The van der Waals surface area contributed by atoms with Crippen molar-refractivity contribution in [3.8, 4) is 5.75 Å². The Hall–Kier alpha value is -1.09. The molecule has 0 spiro atoms. The molecule has 0 saturated heterocycles. The maximum atomic E-state index is 13.1. The van der Waals surface area contributed by atoms with E-state index in [-0.39, 0.29) is 11.9 Å². The highest BCUT2D eigenvalue weighted by atomic mass is 19.1. The highest BCUT2D eigenvalue weighted by Gasteiger charge is 2.23. The number of hydrogen-bond acceptors (Lipinski definition) is 2.